The van der Waals surface area contributed by atoms with E-state index in [1.165, 1.54) is 0 Å². The lowest BCUT2D eigenvalue weighted by Gasteiger charge is -2.09. The molecule has 7 heteroatoms. The van der Waals surface area contributed by atoms with Crippen LogP contribution in [0.4, 0.5) is 0 Å². The second-order valence-electron chi connectivity index (χ2n) is 6.55. The van der Waals surface area contributed by atoms with Crippen LogP contribution >= 0.6 is 11.6 Å². The fraction of sp³-hybridized carbons (Fsp3) is 0.190. The summed E-state index contributed by atoms with van der Waals surface area (Å²) in [6, 6.07) is 15.6. The highest BCUT2D eigenvalue weighted by Gasteiger charge is 2.14. The molecule has 0 radical (unpaired) electrons. The molecule has 0 aliphatic rings. The molecule has 6 nitrogen and oxygen atoms in total. The highest BCUT2D eigenvalue weighted by atomic mass is 35.5. The van der Waals surface area contributed by atoms with Crippen LogP contribution in [0.5, 0.6) is 0 Å². The second kappa shape index (κ2) is 7.48. The van der Waals surface area contributed by atoms with Crippen molar-refractivity contribution in [2.24, 2.45) is 5.16 Å². The summed E-state index contributed by atoms with van der Waals surface area (Å²) in [6.07, 6.45) is 2.42. The monoisotopic (exact) mass is 393 g/mol. The molecule has 4 aromatic rings. The van der Waals surface area contributed by atoms with Crippen LogP contribution in [0.2, 0.25) is 5.02 Å². The quantitative estimate of drug-likeness (QED) is 0.304. The Labute approximate surface area is 167 Å². The Bertz CT molecular complexity index is 1170. The minimum atomic E-state index is 0.563. The Balaban J connectivity index is 1.76. The molecule has 0 saturated heterocycles. The van der Waals surface area contributed by atoms with Gasteiger partial charge in [-0.15, -0.1) is 0 Å². The molecule has 2 aromatic heterocycles. The molecular weight excluding hydrogens is 374 g/mol. The number of benzene rings is 2. The minimum Gasteiger partial charge on any atom is -0.411 e. The number of rotatable bonds is 5. The Kier molecular flexibility index (Phi) is 4.88. The lowest BCUT2D eigenvalue weighted by Crippen LogP contribution is -2.07. The summed E-state index contributed by atoms with van der Waals surface area (Å²) in [5.41, 5.74) is 5.30. The summed E-state index contributed by atoms with van der Waals surface area (Å²) < 4.78 is 4.08. The number of halogens is 1. The molecule has 142 valence electrons. The summed E-state index contributed by atoms with van der Waals surface area (Å²) in [7, 11) is 0. The van der Waals surface area contributed by atoms with E-state index in [0.717, 1.165) is 40.3 Å². The van der Waals surface area contributed by atoms with Gasteiger partial charge in [-0.3, -0.25) is 0 Å². The van der Waals surface area contributed by atoms with Gasteiger partial charge in [0.2, 0.25) is 0 Å². The van der Waals surface area contributed by atoms with Gasteiger partial charge in [-0.05, 0) is 50.2 Å². The number of nitrogens with zero attached hydrogens (tertiary/aromatic N) is 5. The molecule has 4 rings (SSSR count). The van der Waals surface area contributed by atoms with Crippen LogP contribution in [0, 0.1) is 0 Å². The molecule has 2 aromatic carbocycles. The Morgan fingerprint density at radius 2 is 2.04 bits per heavy atom. The van der Waals surface area contributed by atoms with Gasteiger partial charge in [0, 0.05) is 29.7 Å². The summed E-state index contributed by atoms with van der Waals surface area (Å²) in [4.78, 5) is 4.85. The molecule has 0 aliphatic carbocycles. The molecule has 0 bridgehead atoms. The smallest absolute Gasteiger partial charge is 0.115 e. The first-order valence-electron chi connectivity index (χ1n) is 9.07. The van der Waals surface area contributed by atoms with E-state index in [1.807, 2.05) is 53.2 Å². The Hall–Kier alpha value is -3.12. The predicted octanol–water partition coefficient (Wildman–Crippen LogP) is 4.68. The molecular formula is C21H20ClN5O. The highest BCUT2D eigenvalue weighted by molar-refractivity contribution is 6.30. The van der Waals surface area contributed by atoms with Gasteiger partial charge in [0.1, 0.15) is 5.82 Å². The summed E-state index contributed by atoms with van der Waals surface area (Å²) in [5.74, 6) is 0.956. The normalized spacial score (nSPS) is 12.0. The predicted molar refractivity (Wildman–Crippen MR) is 111 cm³/mol. The van der Waals surface area contributed by atoms with E-state index < -0.39 is 0 Å². The molecule has 0 saturated carbocycles. The van der Waals surface area contributed by atoms with Crippen molar-refractivity contribution in [1.82, 2.24) is 19.3 Å². The standard InChI is InChI=1S/C21H20ClN5O/c1-3-26-20-8-7-15(14(2)25-28)11-19(20)24-21(26)13-18-9-10-23-27(18)17-6-4-5-16(22)12-17/h4-12,28H,3,13H2,1-2H3/b25-14+. The number of aromatic nitrogens is 4. The van der Waals surface area contributed by atoms with Gasteiger partial charge in [-0.1, -0.05) is 28.9 Å². The van der Waals surface area contributed by atoms with Crippen molar-refractivity contribution in [2.75, 3.05) is 0 Å². The van der Waals surface area contributed by atoms with Gasteiger partial charge in [-0.25, -0.2) is 9.67 Å². The van der Waals surface area contributed by atoms with Crippen molar-refractivity contribution in [3.63, 3.8) is 0 Å². The molecule has 2 heterocycles. The second-order valence-corrected chi connectivity index (χ2v) is 6.99. The van der Waals surface area contributed by atoms with E-state index in [4.69, 9.17) is 21.8 Å². The largest absolute Gasteiger partial charge is 0.411 e. The topological polar surface area (TPSA) is 68.2 Å². The van der Waals surface area contributed by atoms with Gasteiger partial charge in [0.25, 0.3) is 0 Å². The third-order valence-corrected chi connectivity index (χ3v) is 5.06. The Morgan fingerprint density at radius 1 is 1.18 bits per heavy atom. The van der Waals surface area contributed by atoms with E-state index in [1.54, 1.807) is 13.1 Å². The van der Waals surface area contributed by atoms with Gasteiger partial charge >= 0.3 is 0 Å². The number of fused-ring (bicyclic) bond motifs is 1. The molecule has 28 heavy (non-hydrogen) atoms. The molecule has 0 unspecified atom stereocenters. The maximum Gasteiger partial charge on any atom is 0.115 e. The molecule has 0 amide bonds. The van der Waals surface area contributed by atoms with Crippen molar-refractivity contribution < 1.29 is 5.21 Å². The number of oxime groups is 1. The minimum absolute atomic E-state index is 0.563. The van der Waals surface area contributed by atoms with Crippen molar-refractivity contribution >= 4 is 28.3 Å². The summed E-state index contributed by atoms with van der Waals surface area (Å²) in [6.45, 7) is 4.68. The fourth-order valence-corrected chi connectivity index (χ4v) is 3.60. The van der Waals surface area contributed by atoms with Crippen LogP contribution < -0.4 is 0 Å². The van der Waals surface area contributed by atoms with E-state index >= 15 is 0 Å². The van der Waals surface area contributed by atoms with Crippen LogP contribution in [0.25, 0.3) is 16.7 Å². The van der Waals surface area contributed by atoms with Crippen molar-refractivity contribution in [2.45, 2.75) is 26.8 Å². The van der Waals surface area contributed by atoms with Crippen LogP contribution in [0.15, 0.2) is 59.9 Å². The fourth-order valence-electron chi connectivity index (χ4n) is 3.42. The van der Waals surface area contributed by atoms with E-state index in [9.17, 15) is 0 Å². The zero-order valence-electron chi connectivity index (χ0n) is 15.7. The first kappa shape index (κ1) is 18.3. The van der Waals surface area contributed by atoms with Gasteiger partial charge in [-0.2, -0.15) is 5.10 Å². The average Bonchev–Trinajstić information content (AvgIpc) is 3.30. The summed E-state index contributed by atoms with van der Waals surface area (Å²) in [5, 5.41) is 17.5. The molecule has 1 N–H and O–H groups in total. The Morgan fingerprint density at radius 3 is 2.79 bits per heavy atom. The molecule has 0 atom stereocenters. The average molecular weight is 394 g/mol. The van der Waals surface area contributed by atoms with E-state index in [-0.39, 0.29) is 0 Å². The van der Waals surface area contributed by atoms with Gasteiger partial charge in [0.15, 0.2) is 0 Å². The maximum atomic E-state index is 9.04. The van der Waals surface area contributed by atoms with Crippen LogP contribution in [0.3, 0.4) is 0 Å². The van der Waals surface area contributed by atoms with Crippen LogP contribution in [-0.4, -0.2) is 30.3 Å². The third-order valence-electron chi connectivity index (χ3n) is 4.82. The SMILES string of the molecule is CCn1c(Cc2ccnn2-c2cccc(Cl)c2)nc2cc(/C(C)=N/O)ccc21. The van der Waals surface area contributed by atoms with Crippen molar-refractivity contribution in [3.8, 4) is 5.69 Å². The van der Waals surface area contributed by atoms with E-state index in [0.29, 0.717) is 17.2 Å². The number of imidazole rings is 1. The number of hydrogen-bond donors (Lipinski definition) is 1. The summed E-state index contributed by atoms with van der Waals surface area (Å²) >= 11 is 6.14. The molecule has 0 aliphatic heterocycles. The van der Waals surface area contributed by atoms with Gasteiger partial charge in [0.05, 0.1) is 28.1 Å². The zero-order valence-corrected chi connectivity index (χ0v) is 16.4. The first-order valence-corrected chi connectivity index (χ1v) is 9.45. The third kappa shape index (κ3) is 3.27. The molecule has 0 fully saturated rings. The van der Waals surface area contributed by atoms with Gasteiger partial charge < -0.3 is 9.77 Å². The van der Waals surface area contributed by atoms with E-state index in [2.05, 4.69) is 21.7 Å². The first-order chi connectivity index (χ1) is 13.6. The number of aryl methyl sites for hydroxylation is 1. The lowest BCUT2D eigenvalue weighted by atomic mass is 10.1. The zero-order chi connectivity index (χ0) is 19.7. The maximum absolute atomic E-state index is 9.04. The number of hydrogen-bond acceptors (Lipinski definition) is 4. The van der Waals surface area contributed by atoms with Crippen LogP contribution in [-0.2, 0) is 13.0 Å². The molecule has 0 spiro atoms. The van der Waals surface area contributed by atoms with Crippen molar-refractivity contribution in [3.05, 3.63) is 76.8 Å². The lowest BCUT2D eigenvalue weighted by molar-refractivity contribution is 0.319. The van der Waals surface area contributed by atoms with Crippen molar-refractivity contribution in [1.29, 1.82) is 0 Å². The van der Waals surface area contributed by atoms with Crippen LogP contribution in [0.1, 0.15) is 30.9 Å². The highest BCUT2D eigenvalue weighted by Crippen LogP contribution is 2.22.